The Morgan fingerprint density at radius 2 is 1.69 bits per heavy atom. The van der Waals surface area contributed by atoms with E-state index in [0.29, 0.717) is 5.92 Å². The summed E-state index contributed by atoms with van der Waals surface area (Å²) >= 11 is 6.15. The Labute approximate surface area is 159 Å². The van der Waals surface area contributed by atoms with Crippen LogP contribution in [0.15, 0.2) is 66.7 Å². The minimum atomic E-state index is 0.595. The summed E-state index contributed by atoms with van der Waals surface area (Å²) in [6.07, 6.45) is 3.49. The van der Waals surface area contributed by atoms with Gasteiger partial charge in [0.2, 0.25) is 0 Å². The van der Waals surface area contributed by atoms with Crippen LogP contribution < -0.4 is 0 Å². The molecule has 4 aromatic rings. The van der Waals surface area contributed by atoms with E-state index in [1.54, 1.807) is 5.56 Å². The van der Waals surface area contributed by atoms with Gasteiger partial charge in [-0.2, -0.15) is 0 Å². The van der Waals surface area contributed by atoms with E-state index in [0.717, 1.165) is 17.9 Å². The van der Waals surface area contributed by atoms with Crippen molar-refractivity contribution in [3.05, 3.63) is 94.0 Å². The molecule has 0 saturated heterocycles. The molecule has 1 unspecified atom stereocenters. The maximum atomic E-state index is 6.15. The van der Waals surface area contributed by atoms with E-state index in [1.165, 1.54) is 44.7 Å². The van der Waals surface area contributed by atoms with Crippen LogP contribution in [0.5, 0.6) is 0 Å². The van der Waals surface area contributed by atoms with Gasteiger partial charge in [0, 0.05) is 5.02 Å². The lowest BCUT2D eigenvalue weighted by molar-refractivity contribution is 0.585. The van der Waals surface area contributed by atoms with Gasteiger partial charge in [0.05, 0.1) is 0 Å². The minimum Gasteiger partial charge on any atom is -0.0843 e. The number of benzene rings is 4. The molecule has 1 heteroatoms. The first-order chi connectivity index (χ1) is 12.7. The summed E-state index contributed by atoms with van der Waals surface area (Å²) in [7, 11) is 0. The van der Waals surface area contributed by atoms with Crippen molar-refractivity contribution < 1.29 is 0 Å². The Hall–Kier alpha value is -2.31. The van der Waals surface area contributed by atoms with Gasteiger partial charge >= 0.3 is 0 Å². The quantitative estimate of drug-likeness (QED) is 0.315. The summed E-state index contributed by atoms with van der Waals surface area (Å²) in [6.45, 7) is 2.18. The zero-order valence-electron chi connectivity index (χ0n) is 14.9. The highest BCUT2D eigenvalue weighted by Gasteiger charge is 2.23. The first-order valence-electron chi connectivity index (χ1n) is 9.39. The van der Waals surface area contributed by atoms with Gasteiger partial charge in [-0.05, 0) is 88.0 Å². The zero-order valence-corrected chi connectivity index (χ0v) is 15.7. The highest BCUT2D eigenvalue weighted by atomic mass is 35.5. The monoisotopic (exact) mass is 356 g/mol. The second-order valence-corrected chi connectivity index (χ2v) is 7.96. The van der Waals surface area contributed by atoms with E-state index in [-0.39, 0.29) is 0 Å². The van der Waals surface area contributed by atoms with Crippen LogP contribution in [0.3, 0.4) is 0 Å². The maximum Gasteiger partial charge on any atom is 0.0408 e. The molecule has 128 valence electrons. The van der Waals surface area contributed by atoms with Crippen LogP contribution >= 0.6 is 11.6 Å². The van der Waals surface area contributed by atoms with Crippen molar-refractivity contribution in [3.63, 3.8) is 0 Å². The average molecular weight is 357 g/mol. The number of aryl methyl sites for hydroxylation is 2. The smallest absolute Gasteiger partial charge is 0.0408 e. The third kappa shape index (κ3) is 2.52. The highest BCUT2D eigenvalue weighted by Crippen LogP contribution is 2.39. The van der Waals surface area contributed by atoms with Gasteiger partial charge in [-0.15, -0.1) is 0 Å². The fourth-order valence-corrected chi connectivity index (χ4v) is 4.96. The first-order valence-corrected chi connectivity index (χ1v) is 9.77. The lowest BCUT2D eigenvalue weighted by Gasteiger charge is -2.27. The molecule has 0 aromatic heterocycles. The molecule has 0 heterocycles. The number of hydrogen-bond acceptors (Lipinski definition) is 0. The third-order valence-corrected chi connectivity index (χ3v) is 6.25. The molecule has 0 fully saturated rings. The van der Waals surface area contributed by atoms with Crippen molar-refractivity contribution in [2.45, 2.75) is 32.1 Å². The maximum absolute atomic E-state index is 6.15. The van der Waals surface area contributed by atoms with Crippen molar-refractivity contribution in [2.75, 3.05) is 0 Å². The molecule has 0 nitrogen and oxygen atoms in total. The SMILES string of the molecule is Cc1cc(Cl)ccc1C1CCc2c(ccc3c2ccc2ccccc23)C1. The second kappa shape index (κ2) is 6.14. The van der Waals surface area contributed by atoms with Gasteiger partial charge in [-0.3, -0.25) is 0 Å². The molecular formula is C25H21Cl. The summed E-state index contributed by atoms with van der Waals surface area (Å²) in [5, 5.41) is 6.35. The Bertz CT molecular complexity index is 1140. The van der Waals surface area contributed by atoms with Gasteiger partial charge in [-0.25, -0.2) is 0 Å². The molecule has 26 heavy (non-hydrogen) atoms. The minimum absolute atomic E-state index is 0.595. The number of halogens is 1. The van der Waals surface area contributed by atoms with E-state index in [4.69, 9.17) is 11.6 Å². The summed E-state index contributed by atoms with van der Waals surface area (Å²) in [5.41, 5.74) is 5.84. The molecule has 5 rings (SSSR count). The fourth-order valence-electron chi connectivity index (χ4n) is 4.73. The molecule has 0 bridgehead atoms. The second-order valence-electron chi connectivity index (χ2n) is 7.53. The Morgan fingerprint density at radius 1 is 0.846 bits per heavy atom. The lowest BCUT2D eigenvalue weighted by Crippen LogP contribution is -2.14. The van der Waals surface area contributed by atoms with Crippen molar-refractivity contribution in [1.82, 2.24) is 0 Å². The largest absolute Gasteiger partial charge is 0.0843 e. The Kier molecular flexibility index (Phi) is 3.76. The summed E-state index contributed by atoms with van der Waals surface area (Å²) in [4.78, 5) is 0. The molecule has 0 radical (unpaired) electrons. The lowest BCUT2D eigenvalue weighted by atomic mass is 9.77. The summed E-state index contributed by atoms with van der Waals surface area (Å²) < 4.78 is 0. The van der Waals surface area contributed by atoms with Gasteiger partial charge in [0.25, 0.3) is 0 Å². The first kappa shape index (κ1) is 15.9. The zero-order chi connectivity index (χ0) is 17.7. The average Bonchev–Trinajstić information content (AvgIpc) is 2.67. The summed E-state index contributed by atoms with van der Waals surface area (Å²) in [5.74, 6) is 0.595. The van der Waals surface area contributed by atoms with E-state index >= 15 is 0 Å². The topological polar surface area (TPSA) is 0 Å². The Balaban J connectivity index is 1.60. The molecule has 0 saturated carbocycles. The standard InChI is InChI=1S/C25H21Cl/c1-16-14-20(26)9-13-21(16)18-7-10-23-19(15-18)8-12-24-22-5-3-2-4-17(22)6-11-25(23)24/h2-6,8-9,11-14,18H,7,10,15H2,1H3. The van der Waals surface area contributed by atoms with Crippen LogP contribution in [-0.4, -0.2) is 0 Å². The molecule has 1 aliphatic rings. The predicted molar refractivity (Wildman–Crippen MR) is 112 cm³/mol. The van der Waals surface area contributed by atoms with E-state index < -0.39 is 0 Å². The number of hydrogen-bond donors (Lipinski definition) is 0. The van der Waals surface area contributed by atoms with Gasteiger partial charge in [0.15, 0.2) is 0 Å². The van der Waals surface area contributed by atoms with Crippen LogP contribution in [0.25, 0.3) is 21.5 Å². The van der Waals surface area contributed by atoms with Gasteiger partial charge in [0.1, 0.15) is 0 Å². The van der Waals surface area contributed by atoms with Crippen molar-refractivity contribution >= 4 is 33.1 Å². The molecule has 4 aromatic carbocycles. The van der Waals surface area contributed by atoms with Gasteiger partial charge < -0.3 is 0 Å². The third-order valence-electron chi connectivity index (χ3n) is 6.02. The highest BCUT2D eigenvalue weighted by molar-refractivity contribution is 6.30. The van der Waals surface area contributed by atoms with Crippen molar-refractivity contribution in [3.8, 4) is 0 Å². The van der Waals surface area contributed by atoms with E-state index in [9.17, 15) is 0 Å². The fraction of sp³-hybridized carbons (Fsp3) is 0.200. The van der Waals surface area contributed by atoms with Crippen LogP contribution in [0.2, 0.25) is 5.02 Å². The number of rotatable bonds is 1. The molecule has 0 amide bonds. The summed E-state index contributed by atoms with van der Waals surface area (Å²) in [6, 6.07) is 24.3. The Morgan fingerprint density at radius 3 is 2.58 bits per heavy atom. The normalized spacial score (nSPS) is 16.8. The van der Waals surface area contributed by atoms with Crippen molar-refractivity contribution in [1.29, 1.82) is 0 Å². The van der Waals surface area contributed by atoms with Gasteiger partial charge in [-0.1, -0.05) is 66.2 Å². The predicted octanol–water partition coefficient (Wildman–Crippen LogP) is 7.23. The number of fused-ring (bicyclic) bond motifs is 5. The van der Waals surface area contributed by atoms with E-state index in [1.807, 2.05) is 6.07 Å². The molecule has 0 N–H and O–H groups in total. The van der Waals surface area contributed by atoms with Crippen molar-refractivity contribution in [2.24, 2.45) is 0 Å². The van der Waals surface area contributed by atoms with Crippen LogP contribution in [0, 0.1) is 6.92 Å². The van der Waals surface area contributed by atoms with Crippen LogP contribution in [0.1, 0.15) is 34.6 Å². The molecule has 0 aliphatic heterocycles. The molecule has 1 aliphatic carbocycles. The van der Waals surface area contributed by atoms with Crippen LogP contribution in [0.4, 0.5) is 0 Å². The molecular weight excluding hydrogens is 336 g/mol. The molecule has 0 spiro atoms. The van der Waals surface area contributed by atoms with Crippen LogP contribution in [-0.2, 0) is 12.8 Å². The van der Waals surface area contributed by atoms with E-state index in [2.05, 4.69) is 67.6 Å². The molecule has 1 atom stereocenters.